The number of amides is 1. The van der Waals surface area contributed by atoms with Gasteiger partial charge in [0.15, 0.2) is 5.13 Å². The molecule has 1 fully saturated rings. The highest BCUT2D eigenvalue weighted by atomic mass is 35.5. The van der Waals surface area contributed by atoms with Gasteiger partial charge in [0.25, 0.3) is 0 Å². The summed E-state index contributed by atoms with van der Waals surface area (Å²) in [5.74, 6) is -0.0745. The van der Waals surface area contributed by atoms with E-state index in [1.807, 2.05) is 23.4 Å². The summed E-state index contributed by atoms with van der Waals surface area (Å²) in [4.78, 5) is 21.1. The smallest absolute Gasteiger partial charge is 0.240 e. The third kappa shape index (κ3) is 6.14. The average molecular weight is 429 g/mol. The monoisotopic (exact) mass is 428 g/mol. The quantitative estimate of drug-likeness (QED) is 0.732. The van der Waals surface area contributed by atoms with Crippen LogP contribution in [0.1, 0.15) is 0 Å². The molecular formula is C18H22Cl2N4O2S. The predicted octanol–water partition coefficient (Wildman–Crippen LogP) is 3.32. The summed E-state index contributed by atoms with van der Waals surface area (Å²) in [5, 5.41) is 6.30. The van der Waals surface area contributed by atoms with Gasteiger partial charge in [-0.05, 0) is 19.2 Å². The number of anilines is 1. The molecular weight excluding hydrogens is 407 g/mol. The number of ether oxygens (including phenoxy) is 1. The van der Waals surface area contributed by atoms with Gasteiger partial charge in [0.1, 0.15) is 0 Å². The molecule has 0 saturated carbocycles. The number of likely N-dealkylation sites (N-methyl/N-ethyl adjacent to an activating group) is 1. The number of halogens is 2. The van der Waals surface area contributed by atoms with Gasteiger partial charge in [0, 0.05) is 37.1 Å². The summed E-state index contributed by atoms with van der Waals surface area (Å²) >= 11 is 13.4. The first-order valence-electron chi connectivity index (χ1n) is 8.71. The molecule has 1 aromatic heterocycles. The van der Waals surface area contributed by atoms with Crippen LogP contribution in [0.2, 0.25) is 10.0 Å². The molecule has 146 valence electrons. The van der Waals surface area contributed by atoms with Crippen molar-refractivity contribution in [2.75, 3.05) is 58.3 Å². The van der Waals surface area contributed by atoms with Crippen molar-refractivity contribution < 1.29 is 9.53 Å². The molecule has 27 heavy (non-hydrogen) atoms. The van der Waals surface area contributed by atoms with E-state index in [9.17, 15) is 4.79 Å². The molecule has 1 saturated heterocycles. The van der Waals surface area contributed by atoms with Gasteiger partial charge in [-0.2, -0.15) is 0 Å². The van der Waals surface area contributed by atoms with Gasteiger partial charge in [0.2, 0.25) is 5.91 Å². The number of morpholine rings is 1. The molecule has 2 aromatic rings. The maximum Gasteiger partial charge on any atom is 0.240 e. The highest BCUT2D eigenvalue weighted by molar-refractivity contribution is 7.14. The first-order chi connectivity index (χ1) is 13.0. The molecule has 1 aliphatic heterocycles. The number of aromatic nitrogens is 1. The lowest BCUT2D eigenvalue weighted by atomic mass is 10.2. The van der Waals surface area contributed by atoms with Crippen LogP contribution < -0.4 is 5.32 Å². The highest BCUT2D eigenvalue weighted by Gasteiger charge is 2.14. The molecule has 3 rings (SSSR count). The predicted molar refractivity (Wildman–Crippen MR) is 111 cm³/mol. The number of rotatable bonds is 7. The van der Waals surface area contributed by atoms with Crippen molar-refractivity contribution in [1.82, 2.24) is 14.8 Å². The fraction of sp³-hybridized carbons (Fsp3) is 0.444. The summed E-state index contributed by atoms with van der Waals surface area (Å²) < 4.78 is 5.34. The maximum atomic E-state index is 12.3. The molecule has 0 unspecified atom stereocenters. The molecule has 0 atom stereocenters. The molecule has 6 nitrogen and oxygen atoms in total. The summed E-state index contributed by atoms with van der Waals surface area (Å²) in [6.07, 6.45) is 0. The normalized spacial score (nSPS) is 15.3. The zero-order chi connectivity index (χ0) is 19.2. The number of hydrogen-bond donors (Lipinski definition) is 1. The zero-order valence-corrected chi connectivity index (χ0v) is 17.4. The van der Waals surface area contributed by atoms with Gasteiger partial charge in [-0.1, -0.05) is 29.3 Å². The van der Waals surface area contributed by atoms with Crippen LogP contribution in [0.4, 0.5) is 5.13 Å². The molecule has 0 radical (unpaired) electrons. The lowest BCUT2D eigenvalue weighted by molar-refractivity contribution is -0.117. The Morgan fingerprint density at radius 1 is 1.33 bits per heavy atom. The fourth-order valence-corrected chi connectivity index (χ4v) is 3.77. The van der Waals surface area contributed by atoms with Crippen LogP contribution in [0.15, 0.2) is 23.6 Å². The van der Waals surface area contributed by atoms with E-state index in [4.69, 9.17) is 27.9 Å². The molecule has 1 aromatic carbocycles. The Hall–Kier alpha value is -1.22. The topological polar surface area (TPSA) is 57.7 Å². The first-order valence-corrected chi connectivity index (χ1v) is 10.3. The molecule has 1 N–H and O–H groups in total. The Balaban J connectivity index is 1.47. The number of carbonyl (C=O) groups excluding carboxylic acids is 1. The van der Waals surface area contributed by atoms with Crippen LogP contribution in [0, 0.1) is 0 Å². The second-order valence-electron chi connectivity index (χ2n) is 6.41. The van der Waals surface area contributed by atoms with Crippen molar-refractivity contribution in [2.24, 2.45) is 0 Å². The van der Waals surface area contributed by atoms with Crippen LogP contribution in [0.5, 0.6) is 0 Å². The Morgan fingerprint density at radius 3 is 2.85 bits per heavy atom. The number of nitrogens with one attached hydrogen (secondary N) is 1. The van der Waals surface area contributed by atoms with E-state index in [-0.39, 0.29) is 5.91 Å². The van der Waals surface area contributed by atoms with Gasteiger partial charge in [-0.3, -0.25) is 14.6 Å². The Labute approximate surface area is 173 Å². The van der Waals surface area contributed by atoms with Crippen molar-refractivity contribution in [3.63, 3.8) is 0 Å². The molecule has 0 aliphatic carbocycles. The standard InChI is InChI=1S/C18H22Cl2N4O2S/c1-23(4-5-24-6-8-26-9-7-24)11-17(25)22-18-21-16(12-27-18)13-2-3-14(19)15(20)10-13/h2-3,10,12H,4-9,11H2,1H3,(H,21,22,25). The minimum absolute atomic E-state index is 0.0745. The van der Waals surface area contributed by atoms with Crippen LogP contribution in [-0.4, -0.2) is 73.7 Å². The lowest BCUT2D eigenvalue weighted by Crippen LogP contribution is -2.42. The first kappa shape index (κ1) is 20.5. The van der Waals surface area contributed by atoms with Gasteiger partial charge in [0.05, 0.1) is 35.5 Å². The fourth-order valence-electron chi connectivity index (χ4n) is 2.74. The number of nitrogens with zero attached hydrogens (tertiary/aromatic N) is 3. The lowest BCUT2D eigenvalue weighted by Gasteiger charge is -2.28. The number of thiazole rings is 1. The average Bonchev–Trinajstić information content (AvgIpc) is 3.11. The minimum Gasteiger partial charge on any atom is -0.379 e. The van der Waals surface area contributed by atoms with E-state index in [2.05, 4.69) is 15.2 Å². The minimum atomic E-state index is -0.0745. The third-order valence-corrected chi connectivity index (χ3v) is 5.78. The number of carbonyl (C=O) groups is 1. The van der Waals surface area contributed by atoms with E-state index in [1.165, 1.54) is 11.3 Å². The van der Waals surface area contributed by atoms with Crippen molar-refractivity contribution >= 4 is 45.6 Å². The highest BCUT2D eigenvalue weighted by Crippen LogP contribution is 2.30. The van der Waals surface area contributed by atoms with Gasteiger partial charge < -0.3 is 10.1 Å². The second-order valence-corrected chi connectivity index (χ2v) is 8.08. The van der Waals surface area contributed by atoms with E-state index in [0.29, 0.717) is 21.7 Å². The second kappa shape index (κ2) is 9.82. The largest absolute Gasteiger partial charge is 0.379 e. The van der Waals surface area contributed by atoms with Crippen molar-refractivity contribution in [3.8, 4) is 11.3 Å². The van der Waals surface area contributed by atoms with E-state index < -0.39 is 0 Å². The maximum absolute atomic E-state index is 12.3. The van der Waals surface area contributed by atoms with Gasteiger partial charge in [-0.25, -0.2) is 4.98 Å². The molecule has 1 amide bonds. The Morgan fingerprint density at radius 2 is 2.11 bits per heavy atom. The summed E-state index contributed by atoms with van der Waals surface area (Å²) in [6.45, 7) is 5.58. The van der Waals surface area contributed by atoms with Crippen LogP contribution >= 0.6 is 34.5 Å². The molecule has 0 spiro atoms. The zero-order valence-electron chi connectivity index (χ0n) is 15.1. The third-order valence-electron chi connectivity index (χ3n) is 4.28. The molecule has 9 heteroatoms. The summed E-state index contributed by atoms with van der Waals surface area (Å²) in [5.41, 5.74) is 1.62. The van der Waals surface area contributed by atoms with Gasteiger partial charge >= 0.3 is 0 Å². The van der Waals surface area contributed by atoms with Crippen molar-refractivity contribution in [1.29, 1.82) is 0 Å². The van der Waals surface area contributed by atoms with Crippen LogP contribution in [-0.2, 0) is 9.53 Å². The summed E-state index contributed by atoms with van der Waals surface area (Å²) in [7, 11) is 1.95. The SMILES string of the molecule is CN(CCN1CCOCC1)CC(=O)Nc1nc(-c2ccc(Cl)c(Cl)c2)cs1. The van der Waals surface area contributed by atoms with Crippen molar-refractivity contribution in [3.05, 3.63) is 33.6 Å². The molecule has 2 heterocycles. The Kier molecular flexibility index (Phi) is 7.46. The van der Waals surface area contributed by atoms with Gasteiger partial charge in [-0.15, -0.1) is 11.3 Å². The number of benzene rings is 1. The number of hydrogen-bond acceptors (Lipinski definition) is 6. The van der Waals surface area contributed by atoms with E-state index >= 15 is 0 Å². The molecule has 1 aliphatic rings. The Bertz CT molecular complexity index is 780. The van der Waals surface area contributed by atoms with Crippen LogP contribution in [0.25, 0.3) is 11.3 Å². The van der Waals surface area contributed by atoms with E-state index in [1.54, 1.807) is 12.1 Å². The molecule has 0 bridgehead atoms. The van der Waals surface area contributed by atoms with E-state index in [0.717, 1.165) is 50.7 Å². The van der Waals surface area contributed by atoms with Crippen LogP contribution in [0.3, 0.4) is 0 Å². The summed E-state index contributed by atoms with van der Waals surface area (Å²) in [6, 6.07) is 5.36. The van der Waals surface area contributed by atoms with Crippen molar-refractivity contribution in [2.45, 2.75) is 0 Å².